The molecule has 0 fully saturated rings. The molecular weight excluding hydrogens is 209 g/mol. The number of rotatable bonds is 4. The van der Waals surface area contributed by atoms with Gasteiger partial charge in [-0.15, -0.1) is 0 Å². The van der Waals surface area contributed by atoms with E-state index in [2.05, 4.69) is 0 Å². The summed E-state index contributed by atoms with van der Waals surface area (Å²) in [6.07, 6.45) is 0. The van der Waals surface area contributed by atoms with E-state index < -0.39 is 0 Å². The third-order valence-electron chi connectivity index (χ3n) is 2.46. The van der Waals surface area contributed by atoms with Crippen LogP contribution in [0.2, 0.25) is 0 Å². The van der Waals surface area contributed by atoms with Gasteiger partial charge >= 0.3 is 0 Å². The van der Waals surface area contributed by atoms with Crippen LogP contribution in [0.5, 0.6) is 0 Å². The number of carbonyl (C=O) groups is 1. The zero-order chi connectivity index (χ0) is 12.1. The van der Waals surface area contributed by atoms with Gasteiger partial charge in [-0.3, -0.25) is 4.79 Å². The Labute approximate surface area is 94.5 Å². The molecule has 0 aliphatic rings. The summed E-state index contributed by atoms with van der Waals surface area (Å²) in [7, 11) is 0. The van der Waals surface area contributed by atoms with Crippen LogP contribution in [-0.4, -0.2) is 35.6 Å². The molecule has 1 aromatic carbocycles. The number of halogens is 1. The zero-order valence-corrected chi connectivity index (χ0v) is 9.53. The van der Waals surface area contributed by atoms with Crippen LogP contribution in [0, 0.1) is 12.7 Å². The molecule has 3 nitrogen and oxygen atoms in total. The zero-order valence-electron chi connectivity index (χ0n) is 9.53. The first kappa shape index (κ1) is 12.6. The number of hydrogen-bond acceptors (Lipinski definition) is 2. The average Bonchev–Trinajstić information content (AvgIpc) is 2.28. The molecule has 0 saturated heterocycles. The third kappa shape index (κ3) is 2.79. The molecule has 0 aromatic heterocycles. The Morgan fingerprint density at radius 3 is 2.69 bits per heavy atom. The molecule has 88 valence electrons. The van der Waals surface area contributed by atoms with E-state index in [1.54, 1.807) is 19.1 Å². The van der Waals surface area contributed by atoms with Gasteiger partial charge in [0.15, 0.2) is 0 Å². The van der Waals surface area contributed by atoms with Crippen molar-refractivity contribution in [2.45, 2.75) is 13.8 Å². The van der Waals surface area contributed by atoms with E-state index in [-0.39, 0.29) is 24.9 Å². The maximum atomic E-state index is 13.3. The molecule has 0 bridgehead atoms. The number of aliphatic hydroxyl groups is 1. The summed E-state index contributed by atoms with van der Waals surface area (Å²) in [4.78, 5) is 13.4. The lowest BCUT2D eigenvalue weighted by atomic mass is 10.1. The van der Waals surface area contributed by atoms with Crippen LogP contribution < -0.4 is 0 Å². The van der Waals surface area contributed by atoms with Crippen molar-refractivity contribution >= 4 is 5.91 Å². The Hall–Kier alpha value is -1.42. The Kier molecular flexibility index (Phi) is 4.43. The molecule has 1 aromatic rings. The fourth-order valence-corrected chi connectivity index (χ4v) is 1.43. The monoisotopic (exact) mass is 225 g/mol. The molecule has 0 spiro atoms. The van der Waals surface area contributed by atoms with Crippen molar-refractivity contribution in [3.8, 4) is 0 Å². The van der Waals surface area contributed by atoms with Crippen LogP contribution in [0.25, 0.3) is 0 Å². The van der Waals surface area contributed by atoms with Gasteiger partial charge in [-0.1, -0.05) is 6.07 Å². The van der Waals surface area contributed by atoms with Crippen LogP contribution in [0.4, 0.5) is 4.39 Å². The summed E-state index contributed by atoms with van der Waals surface area (Å²) < 4.78 is 13.3. The van der Waals surface area contributed by atoms with E-state index in [0.717, 1.165) is 0 Å². The maximum absolute atomic E-state index is 13.3. The molecule has 4 heteroatoms. The van der Waals surface area contributed by atoms with E-state index in [4.69, 9.17) is 5.11 Å². The third-order valence-corrected chi connectivity index (χ3v) is 2.46. The van der Waals surface area contributed by atoms with E-state index >= 15 is 0 Å². The summed E-state index contributed by atoms with van der Waals surface area (Å²) in [5, 5.41) is 8.79. The molecule has 1 amide bonds. The Balaban J connectivity index is 2.90. The molecule has 0 radical (unpaired) electrons. The lowest BCUT2D eigenvalue weighted by Gasteiger charge is -2.19. The number of aryl methyl sites for hydroxylation is 1. The number of benzene rings is 1. The van der Waals surface area contributed by atoms with Crippen LogP contribution >= 0.6 is 0 Å². The van der Waals surface area contributed by atoms with Gasteiger partial charge in [0.05, 0.1) is 6.61 Å². The molecule has 1 rings (SSSR count). The van der Waals surface area contributed by atoms with Crippen molar-refractivity contribution in [1.82, 2.24) is 4.90 Å². The number of hydrogen-bond donors (Lipinski definition) is 1. The molecule has 0 aliphatic heterocycles. The first-order valence-corrected chi connectivity index (χ1v) is 5.26. The van der Waals surface area contributed by atoms with Gasteiger partial charge in [-0.25, -0.2) is 4.39 Å². The van der Waals surface area contributed by atoms with E-state index in [0.29, 0.717) is 17.7 Å². The largest absolute Gasteiger partial charge is 0.395 e. The van der Waals surface area contributed by atoms with Crippen molar-refractivity contribution in [3.05, 3.63) is 35.1 Å². The summed E-state index contributed by atoms with van der Waals surface area (Å²) in [5.74, 6) is -0.638. The second kappa shape index (κ2) is 5.61. The standard InChI is InChI=1S/C12H16FNO2/c1-3-14(6-7-15)12(16)10-5-4-9(2)11(13)8-10/h4-5,8,15H,3,6-7H2,1-2H3. The normalized spacial score (nSPS) is 10.2. The highest BCUT2D eigenvalue weighted by Crippen LogP contribution is 2.11. The second-order valence-corrected chi connectivity index (χ2v) is 3.57. The van der Waals surface area contributed by atoms with Crippen molar-refractivity contribution in [2.24, 2.45) is 0 Å². The van der Waals surface area contributed by atoms with Crippen LogP contribution in [0.15, 0.2) is 18.2 Å². The summed E-state index contributed by atoms with van der Waals surface area (Å²) in [6.45, 7) is 4.14. The van der Waals surface area contributed by atoms with E-state index in [1.807, 2.05) is 6.92 Å². The average molecular weight is 225 g/mol. The molecule has 0 saturated carbocycles. The topological polar surface area (TPSA) is 40.5 Å². The minimum Gasteiger partial charge on any atom is -0.395 e. The van der Waals surface area contributed by atoms with E-state index in [9.17, 15) is 9.18 Å². The van der Waals surface area contributed by atoms with E-state index in [1.165, 1.54) is 11.0 Å². The van der Waals surface area contributed by atoms with Crippen LogP contribution in [-0.2, 0) is 0 Å². The van der Waals surface area contributed by atoms with Gasteiger partial charge in [0.2, 0.25) is 0 Å². The highest BCUT2D eigenvalue weighted by molar-refractivity contribution is 5.94. The molecule has 1 N–H and O–H groups in total. The molecule has 0 heterocycles. The number of likely N-dealkylation sites (N-methyl/N-ethyl adjacent to an activating group) is 1. The summed E-state index contributed by atoms with van der Waals surface area (Å²) in [6, 6.07) is 4.41. The fourth-order valence-electron chi connectivity index (χ4n) is 1.43. The molecule has 0 unspecified atom stereocenters. The van der Waals surface area contributed by atoms with Crippen molar-refractivity contribution in [2.75, 3.05) is 19.7 Å². The summed E-state index contributed by atoms with van der Waals surface area (Å²) >= 11 is 0. The van der Waals surface area contributed by atoms with Crippen molar-refractivity contribution in [3.63, 3.8) is 0 Å². The fraction of sp³-hybridized carbons (Fsp3) is 0.417. The van der Waals surface area contributed by atoms with Gasteiger partial charge in [-0.2, -0.15) is 0 Å². The van der Waals surface area contributed by atoms with Crippen molar-refractivity contribution in [1.29, 1.82) is 0 Å². The molecule has 0 atom stereocenters. The SMILES string of the molecule is CCN(CCO)C(=O)c1ccc(C)c(F)c1. The highest BCUT2D eigenvalue weighted by atomic mass is 19.1. The van der Waals surface area contributed by atoms with Crippen molar-refractivity contribution < 1.29 is 14.3 Å². The van der Waals surface area contributed by atoms with Gasteiger partial charge < -0.3 is 10.0 Å². The number of nitrogens with zero attached hydrogens (tertiary/aromatic N) is 1. The Morgan fingerprint density at radius 1 is 1.50 bits per heavy atom. The van der Waals surface area contributed by atoms with Crippen LogP contribution in [0.1, 0.15) is 22.8 Å². The first-order chi connectivity index (χ1) is 7.60. The van der Waals surface area contributed by atoms with Gasteiger partial charge in [0.25, 0.3) is 5.91 Å². The molecule has 16 heavy (non-hydrogen) atoms. The number of aliphatic hydroxyl groups excluding tert-OH is 1. The first-order valence-electron chi connectivity index (χ1n) is 5.26. The van der Waals surface area contributed by atoms with Gasteiger partial charge in [-0.05, 0) is 31.5 Å². The number of carbonyl (C=O) groups excluding carboxylic acids is 1. The van der Waals surface area contributed by atoms with Crippen LogP contribution in [0.3, 0.4) is 0 Å². The lowest BCUT2D eigenvalue weighted by molar-refractivity contribution is 0.0731. The molecule has 0 aliphatic carbocycles. The Morgan fingerprint density at radius 2 is 2.19 bits per heavy atom. The smallest absolute Gasteiger partial charge is 0.254 e. The predicted octanol–water partition coefficient (Wildman–Crippen LogP) is 1.59. The highest BCUT2D eigenvalue weighted by Gasteiger charge is 2.14. The lowest BCUT2D eigenvalue weighted by Crippen LogP contribution is -2.33. The molecular formula is C12H16FNO2. The summed E-state index contributed by atoms with van der Waals surface area (Å²) in [5.41, 5.74) is 0.833. The maximum Gasteiger partial charge on any atom is 0.254 e. The minimum absolute atomic E-state index is 0.0894. The number of amides is 1. The minimum atomic E-state index is -0.383. The quantitative estimate of drug-likeness (QED) is 0.845. The van der Waals surface area contributed by atoms with Gasteiger partial charge in [0.1, 0.15) is 5.82 Å². The second-order valence-electron chi connectivity index (χ2n) is 3.57. The Bertz CT molecular complexity index is 379. The predicted molar refractivity (Wildman–Crippen MR) is 59.8 cm³/mol. The van der Waals surface area contributed by atoms with Gasteiger partial charge in [0, 0.05) is 18.7 Å².